The Morgan fingerprint density at radius 3 is 2.45 bits per heavy atom. The molecule has 0 aliphatic carbocycles. The van der Waals surface area contributed by atoms with E-state index in [9.17, 15) is 5.11 Å². The fourth-order valence-electron chi connectivity index (χ4n) is 3.84. The molecular weight excluding hydrogens is 293 g/mol. The summed E-state index contributed by atoms with van der Waals surface area (Å²) >= 11 is 12.0. The molecule has 4 heteroatoms. The zero-order valence-electron chi connectivity index (χ0n) is 11.7. The average Bonchev–Trinajstić information content (AvgIpc) is 2.65. The lowest BCUT2D eigenvalue weighted by molar-refractivity contribution is 0.0368. The van der Waals surface area contributed by atoms with Crippen molar-refractivity contribution in [1.29, 1.82) is 0 Å². The highest BCUT2D eigenvalue weighted by atomic mass is 35.5. The number of fused-ring (bicyclic) bond motifs is 2. The van der Waals surface area contributed by atoms with E-state index in [0.29, 0.717) is 34.5 Å². The van der Waals surface area contributed by atoms with Gasteiger partial charge in [-0.25, -0.2) is 0 Å². The lowest BCUT2D eigenvalue weighted by Crippen LogP contribution is -2.43. The summed E-state index contributed by atoms with van der Waals surface area (Å²) in [7, 11) is 2.23. The molecule has 0 radical (unpaired) electrons. The van der Waals surface area contributed by atoms with Crippen molar-refractivity contribution in [3.63, 3.8) is 0 Å². The van der Waals surface area contributed by atoms with Gasteiger partial charge >= 0.3 is 0 Å². The van der Waals surface area contributed by atoms with Crippen molar-refractivity contribution in [2.24, 2.45) is 5.92 Å². The molecule has 2 aliphatic heterocycles. The van der Waals surface area contributed by atoms with Crippen molar-refractivity contribution < 1.29 is 5.11 Å². The minimum absolute atomic E-state index is 0.274. The molecule has 2 aliphatic rings. The number of rotatable bonds is 3. The molecule has 0 aromatic heterocycles. The number of aliphatic hydroxyl groups excluding tert-OH is 1. The number of benzene rings is 1. The topological polar surface area (TPSA) is 23.5 Å². The van der Waals surface area contributed by atoms with E-state index < -0.39 is 0 Å². The Kier molecular flexibility index (Phi) is 4.28. The first-order valence-corrected chi connectivity index (χ1v) is 8.14. The third-order valence-electron chi connectivity index (χ3n) is 5.11. The Bertz CT molecular complexity index is 479. The summed E-state index contributed by atoms with van der Waals surface area (Å²) in [6.07, 6.45) is 5.22. The van der Waals surface area contributed by atoms with Gasteiger partial charge in [0.15, 0.2) is 0 Å². The van der Waals surface area contributed by atoms with E-state index >= 15 is 0 Å². The monoisotopic (exact) mass is 313 g/mol. The second kappa shape index (κ2) is 5.84. The molecule has 20 heavy (non-hydrogen) atoms. The molecule has 3 rings (SSSR count). The summed E-state index contributed by atoms with van der Waals surface area (Å²) in [5.74, 6) is 0.415. The molecule has 2 heterocycles. The van der Waals surface area contributed by atoms with Gasteiger partial charge in [0.2, 0.25) is 0 Å². The van der Waals surface area contributed by atoms with E-state index in [1.54, 1.807) is 0 Å². The van der Waals surface area contributed by atoms with Crippen molar-refractivity contribution in [3.8, 4) is 0 Å². The Morgan fingerprint density at radius 1 is 1.20 bits per heavy atom. The average molecular weight is 314 g/mol. The quantitative estimate of drug-likeness (QED) is 0.918. The second-order valence-electron chi connectivity index (χ2n) is 6.30. The first-order valence-electron chi connectivity index (χ1n) is 7.38. The summed E-state index contributed by atoms with van der Waals surface area (Å²) < 4.78 is 0. The van der Waals surface area contributed by atoms with E-state index in [1.807, 2.05) is 18.2 Å². The van der Waals surface area contributed by atoms with Crippen molar-refractivity contribution in [1.82, 2.24) is 4.90 Å². The third kappa shape index (κ3) is 2.85. The minimum Gasteiger partial charge on any atom is -0.392 e. The molecule has 1 aromatic carbocycles. The molecule has 2 nitrogen and oxygen atoms in total. The maximum absolute atomic E-state index is 10.5. The Morgan fingerprint density at radius 2 is 1.85 bits per heavy atom. The standard InChI is InChI=1S/C16H21Cl2NO/c1-19-12-3-4-13(19)9-11(8-12)16(20)7-10-2-5-14(17)15(18)6-10/h2,5-6,11-13,16,20H,3-4,7-9H2,1H3. The Labute approximate surface area is 130 Å². The third-order valence-corrected chi connectivity index (χ3v) is 5.85. The van der Waals surface area contributed by atoms with E-state index in [-0.39, 0.29) is 6.10 Å². The predicted molar refractivity (Wildman–Crippen MR) is 83.5 cm³/mol. The van der Waals surface area contributed by atoms with Gasteiger partial charge in [0.25, 0.3) is 0 Å². The van der Waals surface area contributed by atoms with Crippen LogP contribution in [0, 0.1) is 5.92 Å². The second-order valence-corrected chi connectivity index (χ2v) is 7.12. The Hall–Kier alpha value is -0.280. The van der Waals surface area contributed by atoms with Crippen molar-refractivity contribution >= 4 is 23.2 Å². The van der Waals surface area contributed by atoms with Crippen LogP contribution in [-0.4, -0.2) is 35.2 Å². The van der Waals surface area contributed by atoms with Crippen molar-refractivity contribution in [2.75, 3.05) is 7.05 Å². The van der Waals surface area contributed by atoms with Gasteiger partial charge in [0.05, 0.1) is 16.1 Å². The van der Waals surface area contributed by atoms with Crippen LogP contribution in [0.5, 0.6) is 0 Å². The molecule has 0 saturated carbocycles. The molecule has 2 fully saturated rings. The van der Waals surface area contributed by atoms with Gasteiger partial charge in [-0.2, -0.15) is 0 Å². The summed E-state index contributed by atoms with van der Waals surface area (Å²) in [4.78, 5) is 2.50. The van der Waals surface area contributed by atoms with Gasteiger partial charge in [-0.05, 0) is 62.8 Å². The summed E-state index contributed by atoms with van der Waals surface area (Å²) in [6, 6.07) is 6.98. The van der Waals surface area contributed by atoms with Gasteiger partial charge < -0.3 is 10.0 Å². The number of halogens is 2. The molecule has 2 bridgehead atoms. The van der Waals surface area contributed by atoms with Gasteiger partial charge in [-0.3, -0.25) is 0 Å². The Balaban J connectivity index is 1.65. The molecule has 2 saturated heterocycles. The van der Waals surface area contributed by atoms with Crippen molar-refractivity contribution in [2.45, 2.75) is 50.3 Å². The van der Waals surface area contributed by atoms with Gasteiger partial charge in [0, 0.05) is 12.1 Å². The SMILES string of the molecule is CN1C2CCC1CC(C(O)Cc1ccc(Cl)c(Cl)c1)C2. The number of nitrogens with zero attached hydrogens (tertiary/aromatic N) is 1. The van der Waals surface area contributed by atoms with Gasteiger partial charge in [-0.15, -0.1) is 0 Å². The molecule has 110 valence electrons. The van der Waals surface area contributed by atoms with Gasteiger partial charge in [-0.1, -0.05) is 29.3 Å². The first kappa shape index (κ1) is 14.6. The van der Waals surface area contributed by atoms with E-state index in [0.717, 1.165) is 18.4 Å². The summed E-state index contributed by atoms with van der Waals surface area (Å²) in [6.45, 7) is 0. The molecular formula is C16H21Cl2NO. The highest BCUT2D eigenvalue weighted by Gasteiger charge is 2.40. The van der Waals surface area contributed by atoms with Crippen LogP contribution in [0.25, 0.3) is 0 Å². The minimum atomic E-state index is -0.274. The van der Waals surface area contributed by atoms with Crippen LogP contribution in [0.15, 0.2) is 18.2 Å². The molecule has 1 N–H and O–H groups in total. The summed E-state index contributed by atoms with van der Waals surface area (Å²) in [5, 5.41) is 11.7. The molecule has 3 atom stereocenters. The zero-order chi connectivity index (χ0) is 14.3. The maximum atomic E-state index is 10.5. The highest BCUT2D eigenvalue weighted by molar-refractivity contribution is 6.42. The summed E-state index contributed by atoms with van der Waals surface area (Å²) in [5.41, 5.74) is 1.07. The largest absolute Gasteiger partial charge is 0.392 e. The number of piperidine rings is 1. The van der Waals surface area contributed by atoms with Crippen molar-refractivity contribution in [3.05, 3.63) is 33.8 Å². The predicted octanol–water partition coefficient (Wildman–Crippen LogP) is 3.77. The zero-order valence-corrected chi connectivity index (χ0v) is 13.2. The molecule has 1 aromatic rings. The van der Waals surface area contributed by atoms with Crippen LogP contribution in [0.1, 0.15) is 31.2 Å². The maximum Gasteiger partial charge on any atom is 0.0609 e. The molecule has 0 spiro atoms. The van der Waals surface area contributed by atoms with Crippen LogP contribution >= 0.6 is 23.2 Å². The fourth-order valence-corrected chi connectivity index (χ4v) is 4.16. The molecule has 3 unspecified atom stereocenters. The number of hydrogen-bond acceptors (Lipinski definition) is 2. The lowest BCUT2D eigenvalue weighted by Gasteiger charge is -2.38. The van der Waals surface area contributed by atoms with Gasteiger partial charge in [0.1, 0.15) is 0 Å². The smallest absolute Gasteiger partial charge is 0.0609 e. The number of hydrogen-bond donors (Lipinski definition) is 1. The fraction of sp³-hybridized carbons (Fsp3) is 0.625. The van der Waals surface area contributed by atoms with E-state index in [4.69, 9.17) is 23.2 Å². The first-order chi connectivity index (χ1) is 9.54. The van der Waals surface area contributed by atoms with E-state index in [2.05, 4.69) is 11.9 Å². The lowest BCUT2D eigenvalue weighted by atomic mass is 9.84. The van der Waals surface area contributed by atoms with Crippen LogP contribution in [0.4, 0.5) is 0 Å². The van der Waals surface area contributed by atoms with Crippen LogP contribution in [-0.2, 0) is 6.42 Å². The van der Waals surface area contributed by atoms with Crippen LogP contribution < -0.4 is 0 Å². The van der Waals surface area contributed by atoms with E-state index in [1.165, 1.54) is 12.8 Å². The van der Waals surface area contributed by atoms with Crippen LogP contribution in [0.3, 0.4) is 0 Å². The molecule has 0 amide bonds. The van der Waals surface area contributed by atoms with Crippen LogP contribution in [0.2, 0.25) is 10.0 Å². The highest BCUT2D eigenvalue weighted by Crippen LogP contribution is 2.39. The normalized spacial score (nSPS) is 31.5. The number of aliphatic hydroxyl groups is 1.